The lowest BCUT2D eigenvalue weighted by atomic mass is 9.68. The first-order valence-electron chi connectivity index (χ1n) is 13.8. The Morgan fingerprint density at radius 2 is 1.68 bits per heavy atom. The number of ether oxygens (including phenoxy) is 5. The fraction of sp³-hybridized carbons (Fsp3) is 0.452. The van der Waals surface area contributed by atoms with Crippen LogP contribution in [0.5, 0.6) is 17.2 Å². The lowest BCUT2D eigenvalue weighted by Gasteiger charge is -2.39. The summed E-state index contributed by atoms with van der Waals surface area (Å²) in [5, 5.41) is 5.37. The maximum absolute atomic E-state index is 14.5. The van der Waals surface area contributed by atoms with Gasteiger partial charge in [0.05, 0.1) is 40.1 Å². The lowest BCUT2D eigenvalue weighted by molar-refractivity contribution is -0.152. The Balaban J connectivity index is 2.00. The Morgan fingerprint density at radius 3 is 2.22 bits per heavy atom. The summed E-state index contributed by atoms with van der Waals surface area (Å²) in [5.41, 5.74) is 2.62. The summed E-state index contributed by atoms with van der Waals surface area (Å²) in [6.45, 7) is 5.79. The monoisotopic (exact) mass is 583 g/mol. The van der Waals surface area contributed by atoms with Crippen LogP contribution in [0, 0.1) is 5.92 Å². The predicted octanol–water partition coefficient (Wildman–Crippen LogP) is 5.27. The third-order valence-electron chi connectivity index (χ3n) is 7.37. The number of hydrogen-bond acceptors (Lipinski definition) is 10. The summed E-state index contributed by atoms with van der Waals surface area (Å²) in [6.07, 6.45) is 1.71. The topological polar surface area (TPSA) is 109 Å². The van der Waals surface area contributed by atoms with E-state index in [2.05, 4.69) is 5.32 Å². The van der Waals surface area contributed by atoms with Crippen LogP contribution in [0.4, 0.5) is 0 Å². The number of carbonyl (C=O) groups excluding carboxylic acids is 3. The van der Waals surface area contributed by atoms with Gasteiger partial charge in [0.2, 0.25) is 5.75 Å². The Bertz CT molecular complexity index is 1340. The van der Waals surface area contributed by atoms with Crippen LogP contribution in [-0.2, 0) is 23.9 Å². The van der Waals surface area contributed by atoms with Crippen LogP contribution in [0.2, 0.25) is 0 Å². The maximum Gasteiger partial charge on any atom is 0.336 e. The Hall–Kier alpha value is -3.79. The highest BCUT2D eigenvalue weighted by Crippen LogP contribution is 2.51. The summed E-state index contributed by atoms with van der Waals surface area (Å²) >= 11 is 1.50. The van der Waals surface area contributed by atoms with Gasteiger partial charge in [0.15, 0.2) is 17.3 Å². The Morgan fingerprint density at radius 1 is 1.00 bits per heavy atom. The third-order valence-corrected chi connectivity index (χ3v) is 8.37. The number of nitrogens with one attached hydrogen (secondary N) is 1. The van der Waals surface area contributed by atoms with Gasteiger partial charge in [-0.1, -0.05) is 19.4 Å². The number of carbonyl (C=O) groups is 3. The molecule has 2 heterocycles. The summed E-state index contributed by atoms with van der Waals surface area (Å²) in [4.78, 5) is 42.4. The van der Waals surface area contributed by atoms with Crippen LogP contribution in [-0.4, -0.2) is 52.3 Å². The second-order valence-corrected chi connectivity index (χ2v) is 10.7. The van der Waals surface area contributed by atoms with Crippen molar-refractivity contribution >= 4 is 29.1 Å². The number of hydrogen-bond donors (Lipinski definition) is 1. The molecule has 220 valence electrons. The van der Waals surface area contributed by atoms with Gasteiger partial charge in [-0.05, 0) is 55.8 Å². The Labute approximate surface area is 244 Å². The third kappa shape index (κ3) is 5.70. The molecule has 0 spiro atoms. The van der Waals surface area contributed by atoms with Crippen LogP contribution in [0.1, 0.15) is 62.3 Å². The van der Waals surface area contributed by atoms with E-state index >= 15 is 0 Å². The molecule has 4 rings (SSSR count). The van der Waals surface area contributed by atoms with Gasteiger partial charge < -0.3 is 29.0 Å². The highest BCUT2D eigenvalue weighted by atomic mass is 32.1. The van der Waals surface area contributed by atoms with Crippen molar-refractivity contribution in [2.45, 2.75) is 51.9 Å². The normalized spacial score (nSPS) is 20.2. The van der Waals surface area contributed by atoms with Crippen molar-refractivity contribution in [3.05, 3.63) is 62.6 Å². The number of methoxy groups -OCH3 is 3. The number of Topliss-reactive ketones (excluding diaryl/α,β-unsaturated/α-hetero) is 1. The minimum atomic E-state index is -1.06. The van der Waals surface area contributed by atoms with E-state index < -0.39 is 29.7 Å². The molecule has 9 nitrogen and oxygen atoms in total. The molecular formula is C31H37NO8S. The molecule has 0 bridgehead atoms. The van der Waals surface area contributed by atoms with Crippen LogP contribution in [0.25, 0.3) is 0 Å². The molecule has 1 aromatic heterocycles. The molecule has 2 aliphatic rings. The van der Waals surface area contributed by atoms with Crippen LogP contribution >= 0.6 is 11.3 Å². The van der Waals surface area contributed by atoms with E-state index in [1.807, 2.05) is 24.4 Å². The van der Waals surface area contributed by atoms with E-state index in [4.69, 9.17) is 23.7 Å². The van der Waals surface area contributed by atoms with Crippen molar-refractivity contribution in [3.63, 3.8) is 0 Å². The number of ketones is 1. The average Bonchev–Trinajstić information content (AvgIpc) is 3.51. The van der Waals surface area contributed by atoms with E-state index in [0.717, 1.165) is 11.3 Å². The minimum Gasteiger partial charge on any atom is -0.493 e. The summed E-state index contributed by atoms with van der Waals surface area (Å²) in [5.74, 6) is -2.65. The number of thiophene rings is 1. The average molecular weight is 584 g/mol. The van der Waals surface area contributed by atoms with E-state index in [1.54, 1.807) is 26.0 Å². The molecule has 3 atom stereocenters. The second-order valence-electron chi connectivity index (χ2n) is 9.69. The van der Waals surface area contributed by atoms with Crippen LogP contribution < -0.4 is 19.5 Å². The quantitative estimate of drug-likeness (QED) is 0.280. The molecule has 1 aliphatic carbocycles. The number of esters is 2. The number of allylic oxidation sites excluding steroid dienone is 3. The van der Waals surface area contributed by atoms with Crippen molar-refractivity contribution in [2.24, 2.45) is 5.92 Å². The smallest absolute Gasteiger partial charge is 0.336 e. The first kappa shape index (κ1) is 30.2. The van der Waals surface area contributed by atoms with E-state index in [1.165, 1.54) is 32.7 Å². The fourth-order valence-electron chi connectivity index (χ4n) is 5.72. The molecule has 10 heteroatoms. The van der Waals surface area contributed by atoms with Gasteiger partial charge >= 0.3 is 11.9 Å². The van der Waals surface area contributed by atoms with E-state index in [9.17, 15) is 14.4 Å². The second kappa shape index (κ2) is 13.2. The van der Waals surface area contributed by atoms with Gasteiger partial charge in [-0.15, -0.1) is 11.3 Å². The summed E-state index contributed by atoms with van der Waals surface area (Å²) in [7, 11) is 4.52. The molecule has 0 amide bonds. The first-order valence-corrected chi connectivity index (χ1v) is 14.7. The minimum absolute atomic E-state index is 0.148. The number of dihydropyridines is 1. The van der Waals surface area contributed by atoms with Gasteiger partial charge in [-0.2, -0.15) is 0 Å². The van der Waals surface area contributed by atoms with Crippen molar-refractivity contribution in [3.8, 4) is 17.2 Å². The molecular weight excluding hydrogens is 546 g/mol. The molecule has 0 saturated heterocycles. The van der Waals surface area contributed by atoms with Crippen molar-refractivity contribution < 1.29 is 38.1 Å². The molecule has 41 heavy (non-hydrogen) atoms. The summed E-state index contributed by atoms with van der Waals surface area (Å²) < 4.78 is 27.7. The molecule has 0 saturated carbocycles. The van der Waals surface area contributed by atoms with Gasteiger partial charge in [-0.25, -0.2) is 4.79 Å². The highest BCUT2D eigenvalue weighted by molar-refractivity contribution is 7.10. The number of rotatable bonds is 11. The first-order chi connectivity index (χ1) is 19.8. The zero-order chi connectivity index (χ0) is 29.7. The predicted molar refractivity (Wildman–Crippen MR) is 154 cm³/mol. The van der Waals surface area contributed by atoms with Crippen LogP contribution in [0.15, 0.2) is 52.2 Å². The number of benzene rings is 1. The van der Waals surface area contributed by atoms with E-state index in [-0.39, 0.29) is 19.0 Å². The van der Waals surface area contributed by atoms with Gasteiger partial charge in [0.25, 0.3) is 0 Å². The zero-order valence-corrected chi connectivity index (χ0v) is 25.1. The fourth-order valence-corrected chi connectivity index (χ4v) is 6.58. The molecule has 1 aromatic carbocycles. The maximum atomic E-state index is 14.5. The van der Waals surface area contributed by atoms with Gasteiger partial charge in [-0.3, -0.25) is 9.59 Å². The van der Waals surface area contributed by atoms with E-state index in [0.29, 0.717) is 58.2 Å². The van der Waals surface area contributed by atoms with Crippen molar-refractivity contribution in [1.82, 2.24) is 5.32 Å². The SMILES string of the molecule is CCCC1=C(C(=O)OCC)[C@@H](c2cc(OC)c(OC)c(OC)c2)C2=C(C[C@@H](c3cccs3)[C@H](C(=O)OCC)C2=O)N1. The molecule has 1 aliphatic heterocycles. The van der Waals surface area contributed by atoms with Gasteiger partial charge in [0, 0.05) is 33.7 Å². The standard InChI is InChI=1S/C31H37NO8S/c1-7-11-19-27(31(35)40-9-3)24(17-14-21(36-4)29(38-6)22(15-17)37-5)26-20(32-19)16-18(23-12-10-13-41-23)25(28(26)33)30(34)39-8-2/h10,12-15,18,24-25,32H,7-9,11,16H2,1-6H3/t18-,24-,25-/m0/s1. The molecule has 0 radical (unpaired) electrons. The summed E-state index contributed by atoms with van der Waals surface area (Å²) in [6, 6.07) is 7.32. The van der Waals surface area contributed by atoms with Crippen molar-refractivity contribution in [2.75, 3.05) is 34.5 Å². The zero-order valence-electron chi connectivity index (χ0n) is 24.3. The van der Waals surface area contributed by atoms with Gasteiger partial charge in [0.1, 0.15) is 5.92 Å². The Kier molecular flexibility index (Phi) is 9.75. The largest absolute Gasteiger partial charge is 0.493 e. The molecule has 2 aromatic rings. The van der Waals surface area contributed by atoms with Crippen molar-refractivity contribution in [1.29, 1.82) is 0 Å². The van der Waals surface area contributed by atoms with Crippen LogP contribution in [0.3, 0.4) is 0 Å². The molecule has 1 N–H and O–H groups in total. The molecule has 0 fully saturated rings. The molecule has 0 unspecified atom stereocenters. The highest BCUT2D eigenvalue weighted by Gasteiger charge is 2.50. The lowest BCUT2D eigenvalue weighted by Crippen LogP contribution is -2.43.